The molecule has 0 spiro atoms. The van der Waals surface area contributed by atoms with Crippen molar-refractivity contribution in [3.8, 4) is 11.5 Å². The van der Waals surface area contributed by atoms with Crippen LogP contribution in [0.15, 0.2) is 12.1 Å². The Morgan fingerprint density at radius 1 is 1.28 bits per heavy atom. The average molecular weight is 249 g/mol. The van der Waals surface area contributed by atoms with E-state index in [1.807, 2.05) is 18.0 Å². The van der Waals surface area contributed by atoms with Crippen molar-refractivity contribution in [1.29, 1.82) is 0 Å². The Bertz CT molecular complexity index is 431. The van der Waals surface area contributed by atoms with Crippen molar-refractivity contribution >= 4 is 6.29 Å². The maximum absolute atomic E-state index is 10.4. The van der Waals surface area contributed by atoms with Crippen molar-refractivity contribution in [3.63, 3.8) is 0 Å². The molecule has 1 aliphatic heterocycles. The van der Waals surface area contributed by atoms with E-state index in [0.29, 0.717) is 19.8 Å². The first-order chi connectivity index (χ1) is 8.70. The van der Waals surface area contributed by atoms with Gasteiger partial charge in [0.1, 0.15) is 19.5 Å². The second-order valence-corrected chi connectivity index (χ2v) is 4.60. The monoisotopic (exact) mass is 249 g/mol. The zero-order chi connectivity index (χ0) is 13.0. The van der Waals surface area contributed by atoms with Gasteiger partial charge in [0.15, 0.2) is 11.5 Å². The molecule has 0 saturated heterocycles. The zero-order valence-corrected chi connectivity index (χ0v) is 10.9. The van der Waals surface area contributed by atoms with Crippen molar-refractivity contribution in [2.45, 2.75) is 13.3 Å². The molecule has 0 fully saturated rings. The molecule has 0 aromatic heterocycles. The summed E-state index contributed by atoms with van der Waals surface area (Å²) in [6.07, 6.45) is 1.84. The van der Waals surface area contributed by atoms with Crippen molar-refractivity contribution in [1.82, 2.24) is 4.90 Å². The number of nitrogens with zero attached hydrogens (tertiary/aromatic N) is 1. The van der Waals surface area contributed by atoms with Gasteiger partial charge < -0.3 is 14.3 Å². The molecule has 0 radical (unpaired) electrons. The molecule has 0 bridgehead atoms. The number of ether oxygens (including phenoxy) is 2. The van der Waals surface area contributed by atoms with Crippen molar-refractivity contribution in [3.05, 3.63) is 23.3 Å². The van der Waals surface area contributed by atoms with Gasteiger partial charge in [0.25, 0.3) is 0 Å². The highest BCUT2D eigenvalue weighted by molar-refractivity contribution is 5.52. The molecule has 0 atom stereocenters. The summed E-state index contributed by atoms with van der Waals surface area (Å²) in [7, 11) is 1.95. The second-order valence-electron chi connectivity index (χ2n) is 4.60. The van der Waals surface area contributed by atoms with Crippen LogP contribution >= 0.6 is 0 Å². The van der Waals surface area contributed by atoms with E-state index in [4.69, 9.17) is 9.47 Å². The molecule has 98 valence electrons. The smallest absolute Gasteiger partial charge is 0.161 e. The van der Waals surface area contributed by atoms with Gasteiger partial charge in [-0.25, -0.2) is 0 Å². The van der Waals surface area contributed by atoms with E-state index in [0.717, 1.165) is 30.8 Å². The normalized spacial score (nSPS) is 13.7. The van der Waals surface area contributed by atoms with Gasteiger partial charge in [-0.2, -0.15) is 0 Å². The second kappa shape index (κ2) is 5.87. The van der Waals surface area contributed by atoms with Crippen LogP contribution < -0.4 is 9.47 Å². The molecule has 4 heteroatoms. The first-order valence-electron chi connectivity index (χ1n) is 6.22. The fourth-order valence-electron chi connectivity index (χ4n) is 2.03. The van der Waals surface area contributed by atoms with E-state index in [2.05, 4.69) is 13.0 Å². The third-order valence-corrected chi connectivity index (χ3v) is 3.15. The summed E-state index contributed by atoms with van der Waals surface area (Å²) in [4.78, 5) is 12.4. The van der Waals surface area contributed by atoms with Gasteiger partial charge in [0.2, 0.25) is 0 Å². The number of benzene rings is 1. The summed E-state index contributed by atoms with van der Waals surface area (Å²) in [5, 5.41) is 0. The fourth-order valence-corrected chi connectivity index (χ4v) is 2.03. The Balaban J connectivity index is 2.06. The Hall–Kier alpha value is -1.55. The van der Waals surface area contributed by atoms with E-state index < -0.39 is 0 Å². The van der Waals surface area contributed by atoms with Crippen molar-refractivity contribution < 1.29 is 14.3 Å². The molecule has 4 nitrogen and oxygen atoms in total. The summed E-state index contributed by atoms with van der Waals surface area (Å²) in [5.41, 5.74) is 2.45. The molecule has 0 unspecified atom stereocenters. The Kier molecular flexibility index (Phi) is 4.20. The molecule has 1 heterocycles. The number of aldehydes is 1. The predicted molar refractivity (Wildman–Crippen MR) is 69.4 cm³/mol. The van der Waals surface area contributed by atoms with E-state index in [1.165, 1.54) is 11.1 Å². The molecule has 1 aromatic carbocycles. The lowest BCUT2D eigenvalue weighted by Crippen LogP contribution is -2.23. The third-order valence-electron chi connectivity index (χ3n) is 3.15. The zero-order valence-electron chi connectivity index (χ0n) is 10.9. The molecule has 0 aliphatic carbocycles. The number of hydrogen-bond donors (Lipinski definition) is 0. The van der Waals surface area contributed by atoms with Crippen LogP contribution in [0.1, 0.15) is 11.1 Å². The lowest BCUT2D eigenvalue weighted by atomic mass is 10.0. The lowest BCUT2D eigenvalue weighted by molar-refractivity contribution is -0.108. The fraction of sp³-hybridized carbons (Fsp3) is 0.500. The predicted octanol–water partition coefficient (Wildman–Crippen LogP) is 1.44. The number of rotatable bonds is 5. The topological polar surface area (TPSA) is 38.8 Å². The van der Waals surface area contributed by atoms with Crippen LogP contribution in [0.3, 0.4) is 0 Å². The number of carbonyl (C=O) groups is 1. The van der Waals surface area contributed by atoms with Crippen LogP contribution in [0.2, 0.25) is 0 Å². The molecular formula is C14H19NO3. The standard InChI is InChI=1S/C14H19NO3/c1-11-9-13-14(18-8-7-17-13)10-12(11)3-4-15(2)5-6-16/h6,9-10H,3-5,7-8H2,1-2H3. The van der Waals surface area contributed by atoms with Crippen LogP contribution in [-0.4, -0.2) is 44.5 Å². The lowest BCUT2D eigenvalue weighted by Gasteiger charge is -2.21. The van der Waals surface area contributed by atoms with Gasteiger partial charge in [0, 0.05) is 6.54 Å². The number of likely N-dealkylation sites (N-methyl/N-ethyl adjacent to an activating group) is 1. The number of carbonyl (C=O) groups excluding carboxylic acids is 1. The number of fused-ring (bicyclic) bond motifs is 1. The van der Waals surface area contributed by atoms with E-state index in [9.17, 15) is 4.79 Å². The van der Waals surface area contributed by atoms with Crippen LogP contribution in [0.4, 0.5) is 0 Å². The molecule has 1 aliphatic rings. The highest BCUT2D eigenvalue weighted by Gasteiger charge is 2.14. The van der Waals surface area contributed by atoms with Crippen LogP contribution in [0, 0.1) is 6.92 Å². The highest BCUT2D eigenvalue weighted by atomic mass is 16.6. The van der Waals surface area contributed by atoms with E-state index in [1.54, 1.807) is 0 Å². The van der Waals surface area contributed by atoms with Gasteiger partial charge in [-0.3, -0.25) is 4.90 Å². The molecule has 18 heavy (non-hydrogen) atoms. The summed E-state index contributed by atoms with van der Waals surface area (Å²) < 4.78 is 11.1. The van der Waals surface area contributed by atoms with Gasteiger partial charge in [-0.05, 0) is 43.7 Å². The molecular weight excluding hydrogens is 230 g/mol. The molecule has 0 N–H and O–H groups in total. The minimum atomic E-state index is 0.476. The van der Waals surface area contributed by atoms with Gasteiger partial charge >= 0.3 is 0 Å². The minimum Gasteiger partial charge on any atom is -0.486 e. The molecule has 0 amide bonds. The molecule has 0 saturated carbocycles. The Labute approximate surface area is 107 Å². The molecule has 2 rings (SSSR count). The Morgan fingerprint density at radius 3 is 2.61 bits per heavy atom. The number of hydrogen-bond acceptors (Lipinski definition) is 4. The van der Waals surface area contributed by atoms with Gasteiger partial charge in [-0.15, -0.1) is 0 Å². The summed E-state index contributed by atoms with van der Waals surface area (Å²) >= 11 is 0. The maximum atomic E-state index is 10.4. The maximum Gasteiger partial charge on any atom is 0.161 e. The van der Waals surface area contributed by atoms with Crippen LogP contribution in [0.5, 0.6) is 11.5 Å². The highest BCUT2D eigenvalue weighted by Crippen LogP contribution is 2.33. The minimum absolute atomic E-state index is 0.476. The SMILES string of the molecule is Cc1cc2c(cc1CCN(C)CC=O)OCCO2. The van der Waals surface area contributed by atoms with Crippen LogP contribution in [-0.2, 0) is 11.2 Å². The third kappa shape index (κ3) is 3.01. The largest absolute Gasteiger partial charge is 0.486 e. The van der Waals surface area contributed by atoms with Crippen molar-refractivity contribution in [2.75, 3.05) is 33.4 Å². The first kappa shape index (κ1) is 12.9. The average Bonchev–Trinajstić information content (AvgIpc) is 2.36. The summed E-state index contributed by atoms with van der Waals surface area (Å²) in [6, 6.07) is 4.09. The van der Waals surface area contributed by atoms with Crippen molar-refractivity contribution in [2.24, 2.45) is 0 Å². The van der Waals surface area contributed by atoms with Crippen LogP contribution in [0.25, 0.3) is 0 Å². The van der Waals surface area contributed by atoms with Gasteiger partial charge in [0.05, 0.1) is 6.54 Å². The summed E-state index contributed by atoms with van der Waals surface area (Å²) in [6.45, 7) is 4.64. The molecule has 1 aromatic rings. The van der Waals surface area contributed by atoms with E-state index >= 15 is 0 Å². The van der Waals surface area contributed by atoms with E-state index in [-0.39, 0.29) is 0 Å². The first-order valence-corrected chi connectivity index (χ1v) is 6.22. The quantitative estimate of drug-likeness (QED) is 0.740. The summed E-state index contributed by atoms with van der Waals surface area (Å²) in [5.74, 6) is 1.67. The van der Waals surface area contributed by atoms with Gasteiger partial charge in [-0.1, -0.05) is 0 Å². The Morgan fingerprint density at radius 2 is 1.94 bits per heavy atom. The number of aryl methyl sites for hydroxylation is 1.